The van der Waals surface area contributed by atoms with Gasteiger partial charge in [0.2, 0.25) is 0 Å². The van der Waals surface area contributed by atoms with E-state index >= 15 is 0 Å². The topological polar surface area (TPSA) is 61.9 Å². The summed E-state index contributed by atoms with van der Waals surface area (Å²) in [7, 11) is 0. The van der Waals surface area contributed by atoms with E-state index in [2.05, 4.69) is 46.4 Å². The molecule has 150 valence electrons. The molecule has 5 nitrogen and oxygen atoms in total. The van der Waals surface area contributed by atoms with Gasteiger partial charge in [-0.15, -0.1) is 0 Å². The average molecular weight is 396 g/mol. The van der Waals surface area contributed by atoms with Crippen LogP contribution >= 0.6 is 0 Å². The van der Waals surface area contributed by atoms with E-state index in [-0.39, 0.29) is 5.91 Å². The van der Waals surface area contributed by atoms with Crippen LogP contribution in [0.1, 0.15) is 34.1 Å². The molecule has 5 heteroatoms. The minimum Gasteiger partial charge on any atom is -0.329 e. The molecule has 0 saturated heterocycles. The normalized spacial score (nSPS) is 10.7. The molecule has 1 amide bonds. The summed E-state index contributed by atoms with van der Waals surface area (Å²) in [6, 6.07) is 23.9. The van der Waals surface area contributed by atoms with Crippen molar-refractivity contribution in [3.8, 4) is 11.3 Å². The van der Waals surface area contributed by atoms with Crippen LogP contribution in [0.4, 0.5) is 0 Å². The SMILES string of the molecule is CCc1ccc(CN(Cc2cccnc2)C(=O)c2cc(-c3ccccc3)n[nH]2)cc1. The third-order valence-corrected chi connectivity index (χ3v) is 5.07. The molecule has 2 aromatic carbocycles. The van der Waals surface area contributed by atoms with Crippen molar-refractivity contribution in [1.82, 2.24) is 20.1 Å². The predicted octanol–water partition coefficient (Wildman–Crippen LogP) is 4.88. The fraction of sp³-hybridized carbons (Fsp3) is 0.160. The average Bonchev–Trinajstić information content (AvgIpc) is 3.30. The second kappa shape index (κ2) is 9.18. The number of hydrogen-bond acceptors (Lipinski definition) is 3. The van der Waals surface area contributed by atoms with Crippen LogP contribution in [0.5, 0.6) is 0 Å². The van der Waals surface area contributed by atoms with Crippen molar-refractivity contribution in [2.45, 2.75) is 26.4 Å². The summed E-state index contributed by atoms with van der Waals surface area (Å²) in [6.45, 7) is 3.12. The molecule has 2 heterocycles. The number of carbonyl (C=O) groups excluding carboxylic acids is 1. The van der Waals surface area contributed by atoms with Crippen molar-refractivity contribution < 1.29 is 4.79 Å². The maximum Gasteiger partial charge on any atom is 0.272 e. The molecule has 0 saturated carbocycles. The van der Waals surface area contributed by atoms with Crippen molar-refractivity contribution in [2.75, 3.05) is 0 Å². The molecule has 0 bridgehead atoms. The Morgan fingerprint density at radius 2 is 1.63 bits per heavy atom. The van der Waals surface area contributed by atoms with Gasteiger partial charge in [0.25, 0.3) is 5.91 Å². The van der Waals surface area contributed by atoms with Crippen molar-refractivity contribution in [1.29, 1.82) is 0 Å². The van der Waals surface area contributed by atoms with Gasteiger partial charge in [-0.05, 0) is 35.2 Å². The molecule has 0 unspecified atom stereocenters. The number of nitrogens with zero attached hydrogens (tertiary/aromatic N) is 3. The molecular weight excluding hydrogens is 372 g/mol. The third-order valence-electron chi connectivity index (χ3n) is 5.07. The van der Waals surface area contributed by atoms with Gasteiger partial charge in [0.1, 0.15) is 5.69 Å². The van der Waals surface area contributed by atoms with Gasteiger partial charge in [-0.2, -0.15) is 5.10 Å². The molecule has 30 heavy (non-hydrogen) atoms. The van der Waals surface area contributed by atoms with Crippen molar-refractivity contribution >= 4 is 5.91 Å². The number of rotatable bonds is 7. The van der Waals surface area contributed by atoms with Gasteiger partial charge >= 0.3 is 0 Å². The number of benzene rings is 2. The van der Waals surface area contributed by atoms with Crippen molar-refractivity contribution in [3.05, 3.63) is 108 Å². The first kappa shape index (κ1) is 19.6. The van der Waals surface area contributed by atoms with E-state index in [0.29, 0.717) is 18.8 Å². The lowest BCUT2D eigenvalue weighted by Crippen LogP contribution is -2.30. The largest absolute Gasteiger partial charge is 0.329 e. The van der Waals surface area contributed by atoms with E-state index in [1.54, 1.807) is 12.4 Å². The first-order chi connectivity index (χ1) is 14.7. The summed E-state index contributed by atoms with van der Waals surface area (Å²) in [5.74, 6) is -0.0897. The lowest BCUT2D eigenvalue weighted by atomic mass is 10.1. The molecule has 0 aliphatic rings. The highest BCUT2D eigenvalue weighted by molar-refractivity contribution is 5.93. The maximum absolute atomic E-state index is 13.4. The Labute approximate surface area is 176 Å². The lowest BCUT2D eigenvalue weighted by Gasteiger charge is -2.22. The second-order valence-electron chi connectivity index (χ2n) is 7.23. The third kappa shape index (κ3) is 4.63. The molecule has 0 spiro atoms. The molecule has 0 fully saturated rings. The minimum atomic E-state index is -0.0897. The number of aromatic amines is 1. The summed E-state index contributed by atoms with van der Waals surface area (Å²) >= 11 is 0. The summed E-state index contributed by atoms with van der Waals surface area (Å²) in [6.07, 6.45) is 4.53. The zero-order chi connectivity index (χ0) is 20.8. The quantitative estimate of drug-likeness (QED) is 0.484. The molecule has 2 aromatic heterocycles. The minimum absolute atomic E-state index is 0.0897. The molecule has 0 atom stereocenters. The van der Waals surface area contributed by atoms with Crippen LogP contribution in [0.25, 0.3) is 11.3 Å². The van der Waals surface area contributed by atoms with Gasteiger partial charge in [-0.25, -0.2) is 0 Å². The zero-order valence-corrected chi connectivity index (χ0v) is 17.0. The van der Waals surface area contributed by atoms with Gasteiger partial charge in [0.15, 0.2) is 0 Å². The van der Waals surface area contributed by atoms with Crippen LogP contribution in [0.15, 0.2) is 85.2 Å². The van der Waals surface area contributed by atoms with Gasteiger partial charge in [0.05, 0.1) is 5.69 Å². The molecular formula is C25H24N4O. The maximum atomic E-state index is 13.4. The highest BCUT2D eigenvalue weighted by atomic mass is 16.2. The Morgan fingerprint density at radius 1 is 0.900 bits per heavy atom. The number of hydrogen-bond donors (Lipinski definition) is 1. The van der Waals surface area contributed by atoms with E-state index in [4.69, 9.17) is 0 Å². The van der Waals surface area contributed by atoms with E-state index < -0.39 is 0 Å². The van der Waals surface area contributed by atoms with Crippen molar-refractivity contribution in [2.24, 2.45) is 0 Å². The van der Waals surface area contributed by atoms with Crippen LogP contribution < -0.4 is 0 Å². The number of amides is 1. The molecule has 1 N–H and O–H groups in total. The van der Waals surface area contributed by atoms with Crippen molar-refractivity contribution in [3.63, 3.8) is 0 Å². The van der Waals surface area contributed by atoms with Gasteiger partial charge in [-0.1, -0.05) is 67.6 Å². The van der Waals surface area contributed by atoms with E-state index in [0.717, 1.165) is 28.8 Å². The van der Waals surface area contributed by atoms with Gasteiger partial charge in [0, 0.05) is 31.0 Å². The number of nitrogens with one attached hydrogen (secondary N) is 1. The Hall–Kier alpha value is -3.73. The van der Waals surface area contributed by atoms with Crippen LogP contribution in [0, 0.1) is 0 Å². The fourth-order valence-corrected chi connectivity index (χ4v) is 3.37. The monoisotopic (exact) mass is 396 g/mol. The van der Waals surface area contributed by atoms with Crippen LogP contribution in [0.2, 0.25) is 0 Å². The summed E-state index contributed by atoms with van der Waals surface area (Å²) < 4.78 is 0. The summed E-state index contributed by atoms with van der Waals surface area (Å²) in [5.41, 5.74) is 5.56. The fourth-order valence-electron chi connectivity index (χ4n) is 3.37. The Kier molecular flexibility index (Phi) is 5.99. The molecule has 0 aliphatic carbocycles. The summed E-state index contributed by atoms with van der Waals surface area (Å²) in [5, 5.41) is 7.26. The lowest BCUT2D eigenvalue weighted by molar-refractivity contribution is 0.0724. The van der Waals surface area contributed by atoms with E-state index in [9.17, 15) is 4.79 Å². The van der Waals surface area contributed by atoms with Crippen LogP contribution in [0.3, 0.4) is 0 Å². The standard InChI is InChI=1S/C25H24N4O/c1-2-19-10-12-20(13-11-19)17-29(18-21-7-6-14-26-16-21)25(30)24-15-23(27-28-24)22-8-4-3-5-9-22/h3-16H,2,17-18H2,1H3,(H,27,28). The predicted molar refractivity (Wildman–Crippen MR) is 118 cm³/mol. The Bertz CT molecular complexity index is 1090. The van der Waals surface area contributed by atoms with Crippen LogP contribution in [-0.2, 0) is 19.5 Å². The molecule has 0 radical (unpaired) electrons. The highest BCUT2D eigenvalue weighted by Gasteiger charge is 2.19. The number of carbonyl (C=O) groups is 1. The molecule has 4 rings (SSSR count). The second-order valence-corrected chi connectivity index (χ2v) is 7.23. The first-order valence-corrected chi connectivity index (χ1v) is 10.1. The van der Waals surface area contributed by atoms with E-state index in [1.807, 2.05) is 53.4 Å². The molecule has 4 aromatic rings. The van der Waals surface area contributed by atoms with Gasteiger partial charge < -0.3 is 4.90 Å². The van der Waals surface area contributed by atoms with E-state index in [1.165, 1.54) is 5.56 Å². The summed E-state index contributed by atoms with van der Waals surface area (Å²) in [4.78, 5) is 19.4. The first-order valence-electron chi connectivity index (χ1n) is 10.1. The molecule has 0 aliphatic heterocycles. The number of H-pyrrole nitrogens is 1. The Morgan fingerprint density at radius 3 is 2.33 bits per heavy atom. The number of aromatic nitrogens is 3. The van der Waals surface area contributed by atoms with Crippen LogP contribution in [-0.4, -0.2) is 26.0 Å². The van der Waals surface area contributed by atoms with Gasteiger partial charge in [-0.3, -0.25) is 14.9 Å². The number of pyridine rings is 1. The smallest absolute Gasteiger partial charge is 0.272 e. The highest BCUT2D eigenvalue weighted by Crippen LogP contribution is 2.19. The Balaban J connectivity index is 1.59. The number of aryl methyl sites for hydroxylation is 1. The zero-order valence-electron chi connectivity index (χ0n) is 17.0.